The second kappa shape index (κ2) is 5.50. The maximum absolute atomic E-state index is 11.0. The number of hydrogen-bond acceptors (Lipinski definition) is 3. The summed E-state index contributed by atoms with van der Waals surface area (Å²) < 4.78 is 5.58. The molecule has 6 heteroatoms. The third-order valence-corrected chi connectivity index (χ3v) is 2.72. The van der Waals surface area contributed by atoms with E-state index in [-0.39, 0.29) is 0 Å². The second-order valence-electron chi connectivity index (χ2n) is 2.94. The monoisotopic (exact) mass is 287 g/mol. The zero-order valence-electron chi connectivity index (χ0n) is 8.44. The van der Waals surface area contributed by atoms with E-state index in [9.17, 15) is 9.59 Å². The fourth-order valence-electron chi connectivity index (χ4n) is 1.23. The zero-order valence-corrected chi connectivity index (χ0v) is 10.0. The summed E-state index contributed by atoms with van der Waals surface area (Å²) in [7, 11) is 1.48. The molecule has 0 aliphatic heterocycles. The van der Waals surface area contributed by atoms with Crippen LogP contribution < -0.4 is 10.1 Å². The molecule has 0 aliphatic carbocycles. The highest BCUT2D eigenvalue weighted by Gasteiger charge is 2.21. The fraction of sp³-hybridized carbons (Fsp3) is 0.200. The molecule has 1 unspecified atom stereocenters. The molecule has 1 amide bonds. The summed E-state index contributed by atoms with van der Waals surface area (Å²) in [5.74, 6) is -0.613. The summed E-state index contributed by atoms with van der Waals surface area (Å²) in [6.07, 6.45) is 0.352. The molecule has 1 aromatic rings. The third kappa shape index (κ3) is 2.73. The van der Waals surface area contributed by atoms with E-state index in [0.29, 0.717) is 22.2 Å². The Hall–Kier alpha value is -1.56. The largest absolute Gasteiger partial charge is 0.497 e. The van der Waals surface area contributed by atoms with E-state index in [1.165, 1.54) is 7.11 Å². The SMILES string of the molecule is COc1ccc(Br)c(C(NC=O)C(=O)O)c1. The molecule has 2 N–H and O–H groups in total. The number of carboxylic acid groups (broad SMARTS) is 1. The maximum atomic E-state index is 11.0. The summed E-state index contributed by atoms with van der Waals surface area (Å²) in [4.78, 5) is 21.3. The molecule has 1 rings (SSSR count). The van der Waals surface area contributed by atoms with Gasteiger partial charge in [-0.25, -0.2) is 4.79 Å². The number of amides is 1. The average molecular weight is 288 g/mol. The Labute approximate surface area is 101 Å². The van der Waals surface area contributed by atoms with Gasteiger partial charge in [-0.3, -0.25) is 4.79 Å². The van der Waals surface area contributed by atoms with Crippen molar-refractivity contribution in [2.24, 2.45) is 0 Å². The van der Waals surface area contributed by atoms with E-state index in [4.69, 9.17) is 9.84 Å². The van der Waals surface area contributed by atoms with E-state index < -0.39 is 12.0 Å². The Kier molecular flexibility index (Phi) is 4.30. The van der Waals surface area contributed by atoms with E-state index in [0.717, 1.165) is 0 Å². The van der Waals surface area contributed by atoms with Crippen molar-refractivity contribution < 1.29 is 19.4 Å². The van der Waals surface area contributed by atoms with Crippen molar-refractivity contribution in [3.63, 3.8) is 0 Å². The molecule has 16 heavy (non-hydrogen) atoms. The van der Waals surface area contributed by atoms with Crippen molar-refractivity contribution in [1.82, 2.24) is 5.32 Å². The van der Waals surface area contributed by atoms with Crippen molar-refractivity contribution >= 4 is 28.3 Å². The van der Waals surface area contributed by atoms with Crippen LogP contribution in [0.2, 0.25) is 0 Å². The van der Waals surface area contributed by atoms with Crippen LogP contribution in [0.4, 0.5) is 0 Å². The number of methoxy groups -OCH3 is 1. The molecule has 1 aromatic carbocycles. The molecule has 0 aromatic heterocycles. The summed E-state index contributed by atoms with van der Waals surface area (Å²) in [5.41, 5.74) is 0.430. The van der Waals surface area contributed by atoms with Gasteiger partial charge in [0.25, 0.3) is 0 Å². The van der Waals surface area contributed by atoms with Gasteiger partial charge in [0.05, 0.1) is 7.11 Å². The van der Waals surface area contributed by atoms with Gasteiger partial charge < -0.3 is 15.2 Å². The lowest BCUT2D eigenvalue weighted by Crippen LogP contribution is -2.27. The molecule has 0 aliphatic rings. The number of hydrogen-bond donors (Lipinski definition) is 2. The van der Waals surface area contributed by atoms with E-state index >= 15 is 0 Å². The Balaban J connectivity index is 3.16. The van der Waals surface area contributed by atoms with Crippen LogP contribution >= 0.6 is 15.9 Å². The van der Waals surface area contributed by atoms with Crippen LogP contribution in [0.1, 0.15) is 11.6 Å². The molecule has 0 radical (unpaired) electrons. The summed E-state index contributed by atoms with van der Waals surface area (Å²) >= 11 is 3.22. The molecule has 1 atom stereocenters. The number of rotatable bonds is 5. The number of benzene rings is 1. The Morgan fingerprint density at radius 1 is 1.62 bits per heavy atom. The van der Waals surface area contributed by atoms with Crippen LogP contribution in [0.15, 0.2) is 22.7 Å². The van der Waals surface area contributed by atoms with Gasteiger partial charge in [0.1, 0.15) is 5.75 Å². The normalized spacial score (nSPS) is 11.6. The van der Waals surface area contributed by atoms with Crippen molar-refractivity contribution in [3.05, 3.63) is 28.2 Å². The smallest absolute Gasteiger partial charge is 0.330 e. The first kappa shape index (κ1) is 12.5. The molecule has 0 bridgehead atoms. The Morgan fingerprint density at radius 3 is 2.81 bits per heavy atom. The molecule has 86 valence electrons. The van der Waals surface area contributed by atoms with Crippen molar-refractivity contribution in [2.45, 2.75) is 6.04 Å². The lowest BCUT2D eigenvalue weighted by molar-refractivity contribution is -0.140. The molecule has 0 saturated carbocycles. The number of halogens is 1. The minimum Gasteiger partial charge on any atom is -0.497 e. The zero-order chi connectivity index (χ0) is 12.1. The van der Waals surface area contributed by atoms with Crippen LogP contribution in [-0.2, 0) is 9.59 Å². The predicted molar refractivity (Wildman–Crippen MR) is 60.3 cm³/mol. The number of nitrogens with one attached hydrogen (secondary N) is 1. The number of carboxylic acids is 1. The summed E-state index contributed by atoms with van der Waals surface area (Å²) in [6.45, 7) is 0. The molecule has 0 saturated heterocycles. The molecule has 0 heterocycles. The summed E-state index contributed by atoms with van der Waals surface area (Å²) in [6, 6.07) is 3.81. The average Bonchev–Trinajstić information content (AvgIpc) is 2.27. The molecule has 5 nitrogen and oxygen atoms in total. The number of carbonyl (C=O) groups is 2. The van der Waals surface area contributed by atoms with Gasteiger partial charge >= 0.3 is 5.97 Å². The standard InChI is InChI=1S/C10H10BrNO4/c1-16-6-2-3-8(11)7(4-6)9(10(14)15)12-5-13/h2-5,9H,1H3,(H,12,13)(H,14,15). The van der Waals surface area contributed by atoms with Crippen LogP contribution in [-0.4, -0.2) is 24.6 Å². The quantitative estimate of drug-likeness (QED) is 0.801. The number of ether oxygens (including phenoxy) is 1. The van der Waals surface area contributed by atoms with Crippen LogP contribution in [0.3, 0.4) is 0 Å². The second-order valence-corrected chi connectivity index (χ2v) is 3.80. The molecular weight excluding hydrogens is 278 g/mol. The highest BCUT2D eigenvalue weighted by atomic mass is 79.9. The Morgan fingerprint density at radius 2 is 2.31 bits per heavy atom. The highest BCUT2D eigenvalue weighted by Crippen LogP contribution is 2.27. The fourth-order valence-corrected chi connectivity index (χ4v) is 1.71. The van der Waals surface area contributed by atoms with E-state index in [2.05, 4.69) is 21.2 Å². The van der Waals surface area contributed by atoms with Gasteiger partial charge in [0.2, 0.25) is 6.41 Å². The topological polar surface area (TPSA) is 75.6 Å². The van der Waals surface area contributed by atoms with Gasteiger partial charge in [0, 0.05) is 10.0 Å². The maximum Gasteiger partial charge on any atom is 0.330 e. The van der Waals surface area contributed by atoms with Crippen molar-refractivity contribution in [3.8, 4) is 5.75 Å². The summed E-state index contributed by atoms with van der Waals surface area (Å²) in [5, 5.41) is 11.2. The molecule has 0 fully saturated rings. The number of aliphatic carboxylic acids is 1. The van der Waals surface area contributed by atoms with Gasteiger partial charge in [-0.2, -0.15) is 0 Å². The van der Waals surface area contributed by atoms with Gasteiger partial charge in [-0.15, -0.1) is 0 Å². The van der Waals surface area contributed by atoms with Crippen LogP contribution in [0.5, 0.6) is 5.75 Å². The third-order valence-electron chi connectivity index (χ3n) is 2.00. The van der Waals surface area contributed by atoms with E-state index in [1.54, 1.807) is 18.2 Å². The lowest BCUT2D eigenvalue weighted by atomic mass is 10.1. The first-order valence-electron chi connectivity index (χ1n) is 4.36. The van der Waals surface area contributed by atoms with Gasteiger partial charge in [-0.05, 0) is 18.2 Å². The highest BCUT2D eigenvalue weighted by molar-refractivity contribution is 9.10. The Bertz CT molecular complexity index is 408. The van der Waals surface area contributed by atoms with Crippen LogP contribution in [0.25, 0.3) is 0 Å². The first-order valence-corrected chi connectivity index (χ1v) is 5.15. The molecular formula is C10H10BrNO4. The number of carbonyl (C=O) groups excluding carboxylic acids is 1. The first-order chi connectivity index (χ1) is 7.60. The van der Waals surface area contributed by atoms with Gasteiger partial charge in [-0.1, -0.05) is 15.9 Å². The molecule has 0 spiro atoms. The lowest BCUT2D eigenvalue weighted by Gasteiger charge is -2.14. The van der Waals surface area contributed by atoms with E-state index in [1.807, 2.05) is 0 Å². The minimum atomic E-state index is -1.14. The van der Waals surface area contributed by atoms with Crippen molar-refractivity contribution in [2.75, 3.05) is 7.11 Å². The van der Waals surface area contributed by atoms with Gasteiger partial charge in [0.15, 0.2) is 6.04 Å². The minimum absolute atomic E-state index is 0.352. The predicted octanol–water partition coefficient (Wildman–Crippen LogP) is 1.33. The van der Waals surface area contributed by atoms with Crippen LogP contribution in [0, 0.1) is 0 Å². The van der Waals surface area contributed by atoms with Crippen molar-refractivity contribution in [1.29, 1.82) is 0 Å².